The van der Waals surface area contributed by atoms with Crippen molar-refractivity contribution in [2.45, 2.75) is 44.8 Å². The maximum absolute atomic E-state index is 13.1. The third-order valence-electron chi connectivity index (χ3n) is 6.11. The molecule has 10 heteroatoms. The van der Waals surface area contributed by atoms with Crippen LogP contribution in [0.4, 0.5) is 0 Å². The molecule has 0 N–H and O–H groups in total. The van der Waals surface area contributed by atoms with E-state index in [0.717, 1.165) is 12.1 Å². The number of hydrogen-bond donors (Lipinski definition) is 0. The number of amides is 1. The summed E-state index contributed by atoms with van der Waals surface area (Å²) in [5, 5.41) is 3.93. The van der Waals surface area contributed by atoms with Crippen LogP contribution in [0.1, 0.15) is 47.3 Å². The predicted molar refractivity (Wildman–Crippen MR) is 108 cm³/mol. The van der Waals surface area contributed by atoms with E-state index in [-0.39, 0.29) is 43.3 Å². The summed E-state index contributed by atoms with van der Waals surface area (Å²) in [4.78, 5) is 22.9. The van der Waals surface area contributed by atoms with Gasteiger partial charge in [-0.3, -0.25) is 4.79 Å². The molecule has 9 nitrogen and oxygen atoms in total. The third-order valence-corrected chi connectivity index (χ3v) is 8.72. The highest BCUT2D eigenvalue weighted by atomic mass is 32.2. The number of nitrogens with zero attached hydrogens (tertiary/aromatic N) is 4. The lowest BCUT2D eigenvalue weighted by Gasteiger charge is -2.49. The molecule has 0 aliphatic carbocycles. The van der Waals surface area contributed by atoms with Crippen LogP contribution in [0.3, 0.4) is 0 Å². The van der Waals surface area contributed by atoms with E-state index >= 15 is 0 Å². The fourth-order valence-corrected chi connectivity index (χ4v) is 6.77. The Morgan fingerprint density at radius 2 is 2.13 bits per heavy atom. The Balaban J connectivity index is 1.49. The number of aromatic nitrogens is 3. The quantitative estimate of drug-likeness (QED) is 0.675. The van der Waals surface area contributed by atoms with E-state index in [0.29, 0.717) is 29.9 Å². The first kappa shape index (κ1) is 20.8. The molecule has 30 heavy (non-hydrogen) atoms. The van der Waals surface area contributed by atoms with Crippen LogP contribution in [-0.2, 0) is 16.3 Å². The minimum absolute atomic E-state index is 0.102. The fourth-order valence-electron chi connectivity index (χ4n) is 4.37. The molecule has 162 valence electrons. The van der Waals surface area contributed by atoms with E-state index in [1.54, 1.807) is 24.1 Å². The van der Waals surface area contributed by atoms with Crippen LogP contribution >= 0.6 is 0 Å². The Hall–Kier alpha value is -2.49. The molecule has 0 bridgehead atoms. The summed E-state index contributed by atoms with van der Waals surface area (Å²) < 4.78 is 35.8. The lowest BCUT2D eigenvalue weighted by atomic mass is 9.83. The third kappa shape index (κ3) is 3.36. The average molecular weight is 435 g/mol. The standard InChI is InChI=1S/C20H26N4O5S/c1-4-5-16-17(14(3)23-29-16)18(25)24-11-20(12-24)15(7-9-30(20,26)27)10-28-19-21-8-6-13(2)22-19/h6,8,15H,4-5,7,9-12H2,1-3H3/t15-/m0/s1. The zero-order valence-corrected chi connectivity index (χ0v) is 18.2. The van der Waals surface area contributed by atoms with Gasteiger partial charge in [-0.1, -0.05) is 12.1 Å². The summed E-state index contributed by atoms with van der Waals surface area (Å²) in [5.41, 5.74) is 1.78. The van der Waals surface area contributed by atoms with Crippen LogP contribution in [0.5, 0.6) is 6.01 Å². The first-order valence-corrected chi connectivity index (χ1v) is 11.8. The Kier molecular flexibility index (Phi) is 5.29. The van der Waals surface area contributed by atoms with Crippen molar-refractivity contribution in [3.63, 3.8) is 0 Å². The van der Waals surface area contributed by atoms with Crippen LogP contribution < -0.4 is 4.74 Å². The molecule has 2 fully saturated rings. The van der Waals surface area contributed by atoms with Crippen molar-refractivity contribution in [1.82, 2.24) is 20.0 Å². The van der Waals surface area contributed by atoms with Crippen LogP contribution in [0.2, 0.25) is 0 Å². The van der Waals surface area contributed by atoms with E-state index in [4.69, 9.17) is 9.26 Å². The van der Waals surface area contributed by atoms with Gasteiger partial charge in [-0.05, 0) is 32.8 Å². The van der Waals surface area contributed by atoms with E-state index in [2.05, 4.69) is 15.1 Å². The molecule has 1 atom stereocenters. The zero-order chi connectivity index (χ0) is 21.5. The van der Waals surface area contributed by atoms with Crippen LogP contribution in [0, 0.1) is 19.8 Å². The number of ether oxygens (including phenoxy) is 1. The van der Waals surface area contributed by atoms with Gasteiger partial charge >= 0.3 is 6.01 Å². The number of likely N-dealkylation sites (tertiary alicyclic amines) is 1. The van der Waals surface area contributed by atoms with Crippen molar-refractivity contribution in [2.24, 2.45) is 5.92 Å². The Bertz CT molecular complexity index is 1060. The minimum atomic E-state index is -3.33. The number of carbonyl (C=O) groups excluding carboxylic acids is 1. The molecule has 2 aromatic rings. The summed E-state index contributed by atoms with van der Waals surface area (Å²) in [6.07, 6.45) is 3.56. The maximum Gasteiger partial charge on any atom is 0.316 e. The van der Waals surface area contributed by atoms with Crippen molar-refractivity contribution in [1.29, 1.82) is 0 Å². The number of hydrogen-bond acceptors (Lipinski definition) is 8. The number of rotatable bonds is 6. The molecule has 0 radical (unpaired) electrons. The second-order valence-corrected chi connectivity index (χ2v) is 10.6. The summed E-state index contributed by atoms with van der Waals surface area (Å²) in [7, 11) is -3.33. The molecule has 4 heterocycles. The summed E-state index contributed by atoms with van der Waals surface area (Å²) in [6, 6.07) is 2.01. The lowest BCUT2D eigenvalue weighted by molar-refractivity contribution is 0.0400. The largest absolute Gasteiger partial charge is 0.463 e. The summed E-state index contributed by atoms with van der Waals surface area (Å²) in [5.74, 6) is 0.234. The topological polar surface area (TPSA) is 115 Å². The van der Waals surface area contributed by atoms with Crippen molar-refractivity contribution in [3.8, 4) is 6.01 Å². The highest BCUT2D eigenvalue weighted by molar-refractivity contribution is 7.93. The Morgan fingerprint density at radius 1 is 1.37 bits per heavy atom. The second-order valence-electron chi connectivity index (χ2n) is 8.14. The first-order chi connectivity index (χ1) is 14.3. The van der Waals surface area contributed by atoms with Crippen LogP contribution in [-0.4, -0.2) is 64.5 Å². The summed E-state index contributed by atoms with van der Waals surface area (Å²) >= 11 is 0. The molecule has 0 aromatic carbocycles. The van der Waals surface area contributed by atoms with Crippen LogP contribution in [0.25, 0.3) is 0 Å². The van der Waals surface area contributed by atoms with E-state index < -0.39 is 14.6 Å². The highest BCUT2D eigenvalue weighted by Gasteiger charge is 2.63. The van der Waals surface area contributed by atoms with Gasteiger partial charge in [0.1, 0.15) is 16.1 Å². The molecule has 1 spiro atoms. The first-order valence-electron chi connectivity index (χ1n) is 10.2. The zero-order valence-electron chi connectivity index (χ0n) is 17.4. The van der Waals surface area contributed by atoms with E-state index in [9.17, 15) is 13.2 Å². The van der Waals surface area contributed by atoms with Crippen molar-refractivity contribution in [3.05, 3.63) is 35.0 Å². The highest BCUT2D eigenvalue weighted by Crippen LogP contribution is 2.45. The van der Waals surface area contributed by atoms with Crippen LogP contribution in [0.15, 0.2) is 16.8 Å². The SMILES string of the molecule is CCCc1onc(C)c1C(=O)N1CC2(C1)[C@H](COc1nccc(C)n1)CCS2(=O)=O. The van der Waals surface area contributed by atoms with Crippen molar-refractivity contribution in [2.75, 3.05) is 25.4 Å². The molecule has 2 aromatic heterocycles. The molecule has 4 rings (SSSR count). The average Bonchev–Trinajstić information content (AvgIpc) is 3.15. The van der Waals surface area contributed by atoms with Gasteiger partial charge in [0, 0.05) is 37.3 Å². The fraction of sp³-hybridized carbons (Fsp3) is 0.600. The van der Waals surface area contributed by atoms with Gasteiger partial charge < -0.3 is 14.2 Å². The van der Waals surface area contributed by atoms with Crippen molar-refractivity contribution >= 4 is 15.7 Å². The van der Waals surface area contributed by atoms with Gasteiger partial charge in [0.25, 0.3) is 5.91 Å². The van der Waals surface area contributed by atoms with E-state index in [1.807, 2.05) is 13.8 Å². The number of carbonyl (C=O) groups is 1. The molecule has 2 aliphatic heterocycles. The smallest absolute Gasteiger partial charge is 0.316 e. The van der Waals surface area contributed by atoms with Gasteiger partial charge in [0.05, 0.1) is 18.1 Å². The maximum atomic E-state index is 13.1. The van der Waals surface area contributed by atoms with Crippen molar-refractivity contribution < 1.29 is 22.5 Å². The molecule has 2 saturated heterocycles. The van der Waals surface area contributed by atoms with Gasteiger partial charge in [0.2, 0.25) is 0 Å². The Labute approximate surface area is 175 Å². The molecular formula is C20H26N4O5S. The summed E-state index contributed by atoms with van der Waals surface area (Å²) in [6.45, 7) is 6.10. The Morgan fingerprint density at radius 3 is 2.83 bits per heavy atom. The molecule has 2 aliphatic rings. The molecular weight excluding hydrogens is 408 g/mol. The normalized spacial score (nSPS) is 21.6. The van der Waals surface area contributed by atoms with E-state index in [1.165, 1.54) is 0 Å². The molecule has 0 saturated carbocycles. The van der Waals surface area contributed by atoms with Gasteiger partial charge in [-0.25, -0.2) is 18.4 Å². The minimum Gasteiger partial charge on any atom is -0.463 e. The predicted octanol–water partition coefficient (Wildman–Crippen LogP) is 1.74. The monoisotopic (exact) mass is 434 g/mol. The second kappa shape index (κ2) is 7.64. The molecule has 0 unspecified atom stereocenters. The lowest BCUT2D eigenvalue weighted by Crippen LogP contribution is -2.69. The van der Waals surface area contributed by atoms with Gasteiger partial charge in [0.15, 0.2) is 9.84 Å². The number of aryl methyl sites for hydroxylation is 3. The number of sulfone groups is 1. The van der Waals surface area contributed by atoms with Gasteiger partial charge in [-0.15, -0.1) is 0 Å². The van der Waals surface area contributed by atoms with Gasteiger partial charge in [-0.2, -0.15) is 0 Å². The molecule has 1 amide bonds.